The lowest BCUT2D eigenvalue weighted by molar-refractivity contribution is -0.117. The monoisotopic (exact) mass is 407 g/mol. The van der Waals surface area contributed by atoms with Gasteiger partial charge in [-0.1, -0.05) is 54.1 Å². The number of nitriles is 1. The van der Waals surface area contributed by atoms with Crippen LogP contribution in [0.15, 0.2) is 72.8 Å². The molecule has 0 fully saturated rings. The molecule has 3 aromatic carbocycles. The third-order valence-electron chi connectivity index (χ3n) is 4.51. The summed E-state index contributed by atoms with van der Waals surface area (Å²) in [5.41, 5.74) is 2.75. The number of carbonyl (C=O) groups is 1. The molecule has 146 valence electrons. The van der Waals surface area contributed by atoms with Crippen LogP contribution in [0.25, 0.3) is 0 Å². The molecule has 1 amide bonds. The predicted molar refractivity (Wildman–Crippen MR) is 112 cm³/mol. The number of rotatable bonds is 6. The van der Waals surface area contributed by atoms with E-state index >= 15 is 0 Å². The number of nitrogens with one attached hydrogen (secondary N) is 1. The molecule has 0 unspecified atom stereocenters. The van der Waals surface area contributed by atoms with E-state index in [0.29, 0.717) is 11.3 Å². The van der Waals surface area contributed by atoms with Crippen LogP contribution in [-0.4, -0.2) is 24.4 Å². The van der Waals surface area contributed by atoms with E-state index in [0.717, 1.165) is 11.1 Å². The van der Waals surface area contributed by atoms with Gasteiger partial charge >= 0.3 is 0 Å². The van der Waals surface area contributed by atoms with Crippen molar-refractivity contribution in [3.05, 3.63) is 100 Å². The molecule has 0 aliphatic carbocycles. The molecule has 0 saturated carbocycles. The van der Waals surface area contributed by atoms with Crippen LogP contribution >= 0.6 is 11.6 Å². The first-order valence-corrected chi connectivity index (χ1v) is 9.36. The summed E-state index contributed by atoms with van der Waals surface area (Å²) in [6.45, 7) is 0.106. The first kappa shape index (κ1) is 20.5. The average Bonchev–Trinajstić information content (AvgIpc) is 2.70. The second-order valence-electron chi connectivity index (χ2n) is 6.63. The van der Waals surface area contributed by atoms with E-state index in [1.54, 1.807) is 30.3 Å². The lowest BCUT2D eigenvalue weighted by Gasteiger charge is -2.28. The van der Waals surface area contributed by atoms with Crippen LogP contribution in [0, 0.1) is 17.1 Å². The molecule has 0 aliphatic heterocycles. The van der Waals surface area contributed by atoms with Crippen molar-refractivity contribution in [1.82, 2.24) is 4.90 Å². The molecule has 0 bridgehead atoms. The third-order valence-corrected chi connectivity index (χ3v) is 4.82. The standard InChI is InChI=1S/C23H19ClFN3O/c1-28(15-22(29)27-20-12-9-18(14-26)21(24)13-20)23(16-5-3-2-4-6-16)17-7-10-19(25)11-8-17/h2-13,23H,15H2,1H3,(H,27,29)/t23-/m0/s1. The molecule has 0 aliphatic rings. The summed E-state index contributed by atoms with van der Waals surface area (Å²) in [5.74, 6) is -0.532. The van der Waals surface area contributed by atoms with Crippen molar-refractivity contribution in [3.63, 3.8) is 0 Å². The minimum absolute atomic E-state index is 0.106. The predicted octanol–water partition coefficient (Wildman–Crippen LogP) is 5.01. The van der Waals surface area contributed by atoms with Gasteiger partial charge in [0.2, 0.25) is 5.91 Å². The molecular formula is C23H19ClFN3O. The zero-order valence-corrected chi connectivity index (χ0v) is 16.5. The summed E-state index contributed by atoms with van der Waals surface area (Å²) in [6, 6.07) is 22.5. The Balaban J connectivity index is 1.78. The molecular weight excluding hydrogens is 389 g/mol. The van der Waals surface area contributed by atoms with Crippen LogP contribution in [0.1, 0.15) is 22.7 Å². The van der Waals surface area contributed by atoms with Crippen LogP contribution in [0.2, 0.25) is 5.02 Å². The van der Waals surface area contributed by atoms with Gasteiger partial charge in [0.1, 0.15) is 11.9 Å². The number of anilines is 1. The van der Waals surface area contributed by atoms with Crippen LogP contribution < -0.4 is 5.32 Å². The molecule has 1 atom stereocenters. The van der Waals surface area contributed by atoms with Crippen LogP contribution in [0.4, 0.5) is 10.1 Å². The molecule has 3 rings (SSSR count). The quantitative estimate of drug-likeness (QED) is 0.624. The molecule has 3 aromatic rings. The van der Waals surface area contributed by atoms with E-state index in [4.69, 9.17) is 16.9 Å². The van der Waals surface area contributed by atoms with Gasteiger partial charge in [0.15, 0.2) is 0 Å². The highest BCUT2D eigenvalue weighted by atomic mass is 35.5. The Kier molecular flexibility index (Phi) is 6.61. The van der Waals surface area contributed by atoms with Crippen molar-refractivity contribution in [3.8, 4) is 6.07 Å². The fourth-order valence-electron chi connectivity index (χ4n) is 3.18. The van der Waals surface area contributed by atoms with Gasteiger partial charge in [-0.3, -0.25) is 9.69 Å². The zero-order valence-electron chi connectivity index (χ0n) is 15.8. The van der Waals surface area contributed by atoms with E-state index < -0.39 is 0 Å². The number of hydrogen-bond donors (Lipinski definition) is 1. The summed E-state index contributed by atoms with van der Waals surface area (Å²) in [5, 5.41) is 12.0. The average molecular weight is 408 g/mol. The van der Waals surface area contributed by atoms with Crippen molar-refractivity contribution < 1.29 is 9.18 Å². The second kappa shape index (κ2) is 9.33. The highest BCUT2D eigenvalue weighted by Crippen LogP contribution is 2.28. The zero-order chi connectivity index (χ0) is 20.8. The van der Waals surface area contributed by atoms with Crippen LogP contribution in [0.5, 0.6) is 0 Å². The van der Waals surface area contributed by atoms with E-state index in [2.05, 4.69) is 5.32 Å². The largest absolute Gasteiger partial charge is 0.325 e. The normalized spacial score (nSPS) is 11.7. The Bertz CT molecular complexity index is 1030. The maximum atomic E-state index is 13.4. The summed E-state index contributed by atoms with van der Waals surface area (Å²) in [6.07, 6.45) is 0. The first-order valence-electron chi connectivity index (χ1n) is 8.98. The van der Waals surface area contributed by atoms with Crippen molar-refractivity contribution in [2.24, 2.45) is 0 Å². The Morgan fingerprint density at radius 1 is 1.10 bits per heavy atom. The summed E-state index contributed by atoms with van der Waals surface area (Å²) in [7, 11) is 1.84. The van der Waals surface area contributed by atoms with Crippen LogP contribution in [0.3, 0.4) is 0 Å². The number of hydrogen-bond acceptors (Lipinski definition) is 3. The molecule has 0 spiro atoms. The highest BCUT2D eigenvalue weighted by molar-refractivity contribution is 6.32. The summed E-state index contributed by atoms with van der Waals surface area (Å²) < 4.78 is 13.4. The third kappa shape index (κ3) is 5.20. The van der Waals surface area contributed by atoms with Crippen molar-refractivity contribution in [2.45, 2.75) is 6.04 Å². The molecule has 6 heteroatoms. The Hall–Kier alpha value is -3.20. The van der Waals surface area contributed by atoms with Crippen molar-refractivity contribution in [1.29, 1.82) is 5.26 Å². The Labute approximate surface area is 174 Å². The van der Waals surface area contributed by atoms with E-state index in [-0.39, 0.29) is 29.3 Å². The SMILES string of the molecule is CN(CC(=O)Nc1ccc(C#N)c(Cl)c1)[C@@H](c1ccccc1)c1ccc(F)cc1. The molecule has 4 nitrogen and oxygen atoms in total. The lowest BCUT2D eigenvalue weighted by atomic mass is 9.97. The fraction of sp³-hybridized carbons (Fsp3) is 0.130. The molecule has 29 heavy (non-hydrogen) atoms. The maximum absolute atomic E-state index is 13.4. The van der Waals surface area contributed by atoms with Gasteiger partial charge in [-0.2, -0.15) is 5.26 Å². The molecule has 0 aromatic heterocycles. The summed E-state index contributed by atoms with van der Waals surface area (Å²) >= 11 is 6.03. The van der Waals surface area contributed by atoms with Crippen molar-refractivity contribution in [2.75, 3.05) is 18.9 Å². The second-order valence-corrected chi connectivity index (χ2v) is 7.04. The van der Waals surface area contributed by atoms with E-state index in [9.17, 15) is 9.18 Å². The smallest absolute Gasteiger partial charge is 0.238 e. The summed E-state index contributed by atoms with van der Waals surface area (Å²) in [4.78, 5) is 14.5. The van der Waals surface area contributed by atoms with E-state index in [1.165, 1.54) is 12.1 Å². The fourth-order valence-corrected chi connectivity index (χ4v) is 3.41. The van der Waals surface area contributed by atoms with Gasteiger partial charge in [0, 0.05) is 5.69 Å². The van der Waals surface area contributed by atoms with E-state index in [1.807, 2.05) is 48.3 Å². The minimum atomic E-state index is -0.307. The van der Waals surface area contributed by atoms with Crippen molar-refractivity contribution >= 4 is 23.2 Å². The van der Waals surface area contributed by atoms with Gasteiger partial charge in [0.05, 0.1) is 23.2 Å². The Morgan fingerprint density at radius 2 is 1.76 bits per heavy atom. The molecule has 0 heterocycles. The minimum Gasteiger partial charge on any atom is -0.325 e. The number of carbonyl (C=O) groups excluding carboxylic acids is 1. The topological polar surface area (TPSA) is 56.1 Å². The van der Waals surface area contributed by atoms with Gasteiger partial charge < -0.3 is 5.32 Å². The van der Waals surface area contributed by atoms with Crippen LogP contribution in [-0.2, 0) is 4.79 Å². The van der Waals surface area contributed by atoms with Gasteiger partial charge in [-0.25, -0.2) is 4.39 Å². The van der Waals surface area contributed by atoms with Gasteiger partial charge in [-0.15, -0.1) is 0 Å². The number of nitrogens with zero attached hydrogens (tertiary/aromatic N) is 2. The number of likely N-dealkylation sites (N-methyl/N-ethyl adjacent to an activating group) is 1. The number of amides is 1. The number of halogens is 2. The maximum Gasteiger partial charge on any atom is 0.238 e. The highest BCUT2D eigenvalue weighted by Gasteiger charge is 2.21. The van der Waals surface area contributed by atoms with Gasteiger partial charge in [-0.05, 0) is 48.5 Å². The Morgan fingerprint density at radius 3 is 2.38 bits per heavy atom. The first-order chi connectivity index (χ1) is 14.0. The lowest BCUT2D eigenvalue weighted by Crippen LogP contribution is -2.34. The van der Waals surface area contributed by atoms with Gasteiger partial charge in [0.25, 0.3) is 0 Å². The molecule has 1 N–H and O–H groups in total. The number of benzene rings is 3. The molecule has 0 saturated heterocycles. The molecule has 0 radical (unpaired) electrons.